The van der Waals surface area contributed by atoms with E-state index in [1.54, 1.807) is 24.3 Å². The van der Waals surface area contributed by atoms with E-state index in [0.717, 1.165) is 46.5 Å². The van der Waals surface area contributed by atoms with Crippen molar-refractivity contribution in [3.05, 3.63) is 54.7 Å². The molecule has 2 aliphatic heterocycles. The van der Waals surface area contributed by atoms with Crippen LogP contribution in [0.2, 0.25) is 0 Å². The average Bonchev–Trinajstić information content (AvgIpc) is 3.51. The highest BCUT2D eigenvalue weighted by Gasteiger charge is 2.28. The van der Waals surface area contributed by atoms with E-state index in [9.17, 15) is 5.11 Å². The third kappa shape index (κ3) is 3.50. The van der Waals surface area contributed by atoms with E-state index in [1.165, 1.54) is 5.56 Å². The molecule has 33 heavy (non-hydrogen) atoms. The quantitative estimate of drug-likeness (QED) is 0.453. The third-order valence-electron chi connectivity index (χ3n) is 6.10. The topological polar surface area (TPSA) is 91.7 Å². The van der Waals surface area contributed by atoms with Crippen molar-refractivity contribution in [2.45, 2.75) is 25.6 Å². The maximum atomic E-state index is 10.4. The number of pyridine rings is 1. The molecule has 2 aromatic carbocycles. The molecule has 9 nitrogen and oxygen atoms in total. The molecule has 9 heteroatoms. The number of fused-ring (bicyclic) bond motifs is 5. The van der Waals surface area contributed by atoms with E-state index in [2.05, 4.69) is 39.2 Å². The van der Waals surface area contributed by atoms with Crippen molar-refractivity contribution in [2.75, 3.05) is 20.5 Å². The van der Waals surface area contributed by atoms with Gasteiger partial charge in [-0.25, -0.2) is 0 Å². The number of aliphatic hydroxyl groups is 1. The molecule has 0 spiro atoms. The fourth-order valence-corrected chi connectivity index (χ4v) is 4.50. The minimum absolute atomic E-state index is 0.113. The molecule has 0 aliphatic carbocycles. The molecular weight excluding hydrogens is 424 g/mol. The summed E-state index contributed by atoms with van der Waals surface area (Å²) in [6.07, 6.45) is 5.40. The van der Waals surface area contributed by atoms with Crippen molar-refractivity contribution in [1.29, 1.82) is 0 Å². The molecule has 0 radical (unpaired) electrons. The normalized spacial score (nSPS) is 14.6. The first-order valence-electron chi connectivity index (χ1n) is 10.8. The number of benzene rings is 2. The monoisotopic (exact) mass is 447 g/mol. The summed E-state index contributed by atoms with van der Waals surface area (Å²) in [6.45, 7) is 1.56. The summed E-state index contributed by atoms with van der Waals surface area (Å²) in [4.78, 5) is 0. The fraction of sp³-hybridized carbons (Fsp3) is 0.292. The molecule has 4 heterocycles. The van der Waals surface area contributed by atoms with Crippen molar-refractivity contribution in [1.82, 2.24) is 14.8 Å². The van der Waals surface area contributed by atoms with Crippen LogP contribution < -0.4 is 23.5 Å². The summed E-state index contributed by atoms with van der Waals surface area (Å²) in [7, 11) is 1.62. The van der Waals surface area contributed by atoms with Gasteiger partial charge in [0.05, 0.1) is 24.6 Å². The molecule has 0 bridgehead atoms. The van der Waals surface area contributed by atoms with Gasteiger partial charge < -0.3 is 28.6 Å². The van der Waals surface area contributed by atoms with Crippen LogP contribution in [0.25, 0.3) is 22.0 Å². The fourth-order valence-electron chi connectivity index (χ4n) is 4.50. The second-order valence-corrected chi connectivity index (χ2v) is 8.19. The van der Waals surface area contributed by atoms with Crippen molar-refractivity contribution in [2.24, 2.45) is 0 Å². The maximum absolute atomic E-state index is 10.4. The number of ether oxygens (including phenoxy) is 4. The van der Waals surface area contributed by atoms with Gasteiger partial charge in [0.1, 0.15) is 25.4 Å². The van der Waals surface area contributed by atoms with Crippen molar-refractivity contribution < 1.29 is 28.6 Å². The first-order valence-corrected chi connectivity index (χ1v) is 10.8. The lowest BCUT2D eigenvalue weighted by molar-refractivity contribution is -0.686. The highest BCUT2D eigenvalue weighted by atomic mass is 16.7. The van der Waals surface area contributed by atoms with Crippen LogP contribution in [0.5, 0.6) is 23.0 Å². The predicted molar refractivity (Wildman–Crippen MR) is 117 cm³/mol. The summed E-state index contributed by atoms with van der Waals surface area (Å²) >= 11 is 0. The molecule has 1 N–H and O–H groups in total. The van der Waals surface area contributed by atoms with Crippen molar-refractivity contribution in [3.63, 3.8) is 0 Å². The molecular formula is C24H23N4O5+. The Labute approximate surface area is 189 Å². The third-order valence-corrected chi connectivity index (χ3v) is 6.10. The van der Waals surface area contributed by atoms with Crippen LogP contribution in [0, 0.1) is 0 Å². The molecule has 0 saturated heterocycles. The molecule has 2 aromatic heterocycles. The van der Waals surface area contributed by atoms with Crippen LogP contribution in [-0.2, 0) is 19.5 Å². The van der Waals surface area contributed by atoms with Crippen molar-refractivity contribution >= 4 is 10.8 Å². The average molecular weight is 447 g/mol. The molecule has 1 atom stereocenters. The number of aryl methyl sites for hydroxylation is 2. The van der Waals surface area contributed by atoms with E-state index >= 15 is 0 Å². The number of aliphatic hydroxyl groups excluding tert-OH is 1. The Morgan fingerprint density at radius 2 is 1.97 bits per heavy atom. The van der Waals surface area contributed by atoms with Crippen LogP contribution in [0.15, 0.2) is 49.2 Å². The van der Waals surface area contributed by atoms with E-state index in [-0.39, 0.29) is 13.4 Å². The zero-order valence-corrected chi connectivity index (χ0v) is 18.1. The van der Waals surface area contributed by atoms with Gasteiger partial charge in [-0.2, -0.15) is 4.57 Å². The first-order chi connectivity index (χ1) is 16.2. The van der Waals surface area contributed by atoms with Gasteiger partial charge >= 0.3 is 0 Å². The van der Waals surface area contributed by atoms with Gasteiger partial charge in [0.15, 0.2) is 35.7 Å². The van der Waals surface area contributed by atoms with Crippen LogP contribution in [0.4, 0.5) is 0 Å². The molecule has 0 amide bonds. The largest absolute Gasteiger partial charge is 0.493 e. The van der Waals surface area contributed by atoms with Gasteiger partial charge in [-0.1, -0.05) is 0 Å². The summed E-state index contributed by atoms with van der Waals surface area (Å²) in [6, 6.07) is 10.2. The SMILES string of the molecule is COc1ccc2cc3[n+](cc2c1OCC(O)Cn1cnnc1)CCc1cc2c(cc1-3)OCO2. The van der Waals surface area contributed by atoms with E-state index < -0.39 is 6.10 Å². The van der Waals surface area contributed by atoms with Gasteiger partial charge in [0.25, 0.3) is 0 Å². The molecule has 1 unspecified atom stereocenters. The van der Waals surface area contributed by atoms with Crippen LogP contribution >= 0.6 is 0 Å². The summed E-state index contributed by atoms with van der Waals surface area (Å²) in [5.74, 6) is 2.83. The second kappa shape index (κ2) is 7.93. The number of nitrogens with zero attached hydrogens (tertiary/aromatic N) is 4. The number of aromatic nitrogens is 4. The Kier molecular flexibility index (Phi) is 4.76. The summed E-state index contributed by atoms with van der Waals surface area (Å²) in [5, 5.41) is 19.9. The van der Waals surface area contributed by atoms with Crippen LogP contribution in [-0.4, -0.2) is 46.5 Å². The standard InChI is InChI=1S/C24H23N4O5/c1-30-21-3-2-15-6-20-18-8-23-22(32-14-33-23)7-16(18)4-5-28(20)10-19(15)24(21)31-11-17(29)9-27-12-25-26-13-27/h2-3,6-8,10,12-13,17,29H,4-5,9,11,14H2,1H3/q+1. The lowest BCUT2D eigenvalue weighted by Crippen LogP contribution is -2.40. The minimum atomic E-state index is -0.720. The Balaban J connectivity index is 1.36. The zero-order valence-electron chi connectivity index (χ0n) is 18.1. The van der Waals surface area contributed by atoms with E-state index in [1.807, 2.05) is 12.1 Å². The van der Waals surface area contributed by atoms with E-state index in [4.69, 9.17) is 18.9 Å². The second-order valence-electron chi connectivity index (χ2n) is 8.19. The number of methoxy groups -OCH3 is 1. The van der Waals surface area contributed by atoms with Crippen LogP contribution in [0.1, 0.15) is 5.56 Å². The Morgan fingerprint density at radius 1 is 1.15 bits per heavy atom. The van der Waals surface area contributed by atoms with Gasteiger partial charge in [-0.3, -0.25) is 0 Å². The number of hydrogen-bond donors (Lipinski definition) is 1. The zero-order chi connectivity index (χ0) is 22.4. The Bertz CT molecular complexity index is 1340. The highest BCUT2D eigenvalue weighted by Crippen LogP contribution is 2.41. The maximum Gasteiger partial charge on any atom is 0.231 e. The van der Waals surface area contributed by atoms with E-state index in [0.29, 0.717) is 18.0 Å². The minimum Gasteiger partial charge on any atom is -0.493 e. The number of hydrogen-bond acceptors (Lipinski definition) is 7. The van der Waals surface area contributed by atoms with Gasteiger partial charge in [0, 0.05) is 12.5 Å². The Morgan fingerprint density at radius 3 is 2.79 bits per heavy atom. The van der Waals surface area contributed by atoms with Gasteiger partial charge in [-0.15, -0.1) is 10.2 Å². The summed E-state index contributed by atoms with van der Waals surface area (Å²) in [5.41, 5.74) is 3.52. The number of rotatable bonds is 6. The highest BCUT2D eigenvalue weighted by molar-refractivity contribution is 5.91. The van der Waals surface area contributed by atoms with Gasteiger partial charge in [0.2, 0.25) is 12.5 Å². The molecule has 0 fully saturated rings. The first kappa shape index (κ1) is 19.8. The lowest BCUT2D eigenvalue weighted by Gasteiger charge is -2.19. The van der Waals surface area contributed by atoms with Crippen molar-refractivity contribution in [3.8, 4) is 34.3 Å². The molecule has 4 aromatic rings. The molecule has 168 valence electrons. The Hall–Kier alpha value is -3.85. The summed E-state index contributed by atoms with van der Waals surface area (Å²) < 4.78 is 26.8. The molecule has 6 rings (SSSR count). The molecule has 2 aliphatic rings. The van der Waals surface area contributed by atoms with Crippen LogP contribution in [0.3, 0.4) is 0 Å². The molecule has 0 saturated carbocycles. The van der Waals surface area contributed by atoms with Gasteiger partial charge in [-0.05, 0) is 35.2 Å². The smallest absolute Gasteiger partial charge is 0.231 e. The predicted octanol–water partition coefficient (Wildman–Crippen LogP) is 2.12. The lowest BCUT2D eigenvalue weighted by atomic mass is 9.95.